The number of fused-ring (bicyclic) bond motifs is 1. The van der Waals surface area contributed by atoms with Gasteiger partial charge in [-0.05, 0) is 43.9 Å². The molecule has 3 aromatic rings. The normalized spacial score (nSPS) is 10.9. The minimum Gasteiger partial charge on any atom is -0.481 e. The van der Waals surface area contributed by atoms with Gasteiger partial charge in [0, 0.05) is 17.5 Å². The molecular weight excluding hydrogens is 342 g/mol. The summed E-state index contributed by atoms with van der Waals surface area (Å²) in [6.07, 6.45) is 2.01. The van der Waals surface area contributed by atoms with Crippen molar-refractivity contribution in [3.8, 4) is 11.3 Å². The van der Waals surface area contributed by atoms with E-state index in [2.05, 4.69) is 0 Å². The van der Waals surface area contributed by atoms with Crippen LogP contribution in [0.15, 0.2) is 42.5 Å². The third kappa shape index (κ3) is 4.28. The van der Waals surface area contributed by atoms with Crippen LogP contribution in [-0.2, 0) is 11.2 Å². The Morgan fingerprint density at radius 2 is 1.74 bits per heavy atom. The van der Waals surface area contributed by atoms with Crippen molar-refractivity contribution in [2.24, 2.45) is 5.73 Å². The van der Waals surface area contributed by atoms with E-state index in [-0.39, 0.29) is 6.42 Å². The Morgan fingerprint density at radius 1 is 1.04 bits per heavy atom. The van der Waals surface area contributed by atoms with E-state index >= 15 is 0 Å². The molecule has 138 valence electrons. The molecule has 0 fully saturated rings. The van der Waals surface area contributed by atoms with Gasteiger partial charge < -0.3 is 10.8 Å². The van der Waals surface area contributed by atoms with Crippen molar-refractivity contribution in [2.75, 3.05) is 0 Å². The summed E-state index contributed by atoms with van der Waals surface area (Å²) < 4.78 is 0. The van der Waals surface area contributed by atoms with Crippen LogP contribution >= 0.6 is 0 Å². The number of carbonyl (C=O) groups is 2. The largest absolute Gasteiger partial charge is 0.481 e. The van der Waals surface area contributed by atoms with Gasteiger partial charge in [-0.2, -0.15) is 0 Å². The van der Waals surface area contributed by atoms with Crippen molar-refractivity contribution in [3.63, 3.8) is 0 Å². The van der Waals surface area contributed by atoms with E-state index in [0.717, 1.165) is 22.5 Å². The number of nitrogens with two attached hydrogens (primary N) is 1. The van der Waals surface area contributed by atoms with Gasteiger partial charge in [-0.1, -0.05) is 30.3 Å². The zero-order chi connectivity index (χ0) is 19.4. The number of amides is 1. The zero-order valence-corrected chi connectivity index (χ0v) is 15.1. The number of primary amides is 1. The molecule has 0 saturated heterocycles. The van der Waals surface area contributed by atoms with Gasteiger partial charge in [0.2, 0.25) is 5.91 Å². The van der Waals surface area contributed by atoms with Crippen LogP contribution in [0.3, 0.4) is 0 Å². The molecule has 2 aromatic carbocycles. The molecule has 1 heterocycles. The molecule has 0 spiro atoms. The van der Waals surface area contributed by atoms with Crippen LogP contribution in [0.2, 0.25) is 0 Å². The number of unbranched alkanes of at least 4 members (excludes halogenated alkanes) is 1. The van der Waals surface area contributed by atoms with E-state index < -0.39 is 11.9 Å². The minimum atomic E-state index is -0.801. The number of carboxylic acids is 1. The molecule has 0 saturated carbocycles. The topological polar surface area (TPSA) is 106 Å². The molecule has 3 N–H and O–H groups in total. The first-order valence-electron chi connectivity index (χ1n) is 8.84. The van der Waals surface area contributed by atoms with Crippen LogP contribution < -0.4 is 5.73 Å². The summed E-state index contributed by atoms with van der Waals surface area (Å²) in [5.74, 6) is -1.30. The fraction of sp³-hybridized carbons (Fsp3) is 0.238. The van der Waals surface area contributed by atoms with Crippen LogP contribution in [0.4, 0.5) is 0 Å². The fourth-order valence-electron chi connectivity index (χ4n) is 3.08. The Labute approximate surface area is 157 Å². The lowest BCUT2D eigenvalue weighted by Crippen LogP contribution is -2.13. The van der Waals surface area contributed by atoms with E-state index in [1.807, 2.05) is 43.3 Å². The maximum Gasteiger partial charge on any atom is 0.303 e. The van der Waals surface area contributed by atoms with Gasteiger partial charge in [0.15, 0.2) is 0 Å². The number of aromatic nitrogens is 2. The summed E-state index contributed by atoms with van der Waals surface area (Å²) in [7, 11) is 0. The second-order valence-corrected chi connectivity index (χ2v) is 6.51. The lowest BCUT2D eigenvalue weighted by atomic mass is 10.0. The Hall–Kier alpha value is -3.28. The van der Waals surface area contributed by atoms with Crippen LogP contribution in [0.25, 0.3) is 22.3 Å². The average Bonchev–Trinajstić information content (AvgIpc) is 2.64. The van der Waals surface area contributed by atoms with E-state index in [1.54, 1.807) is 6.07 Å². The quantitative estimate of drug-likeness (QED) is 0.625. The van der Waals surface area contributed by atoms with E-state index in [0.29, 0.717) is 35.9 Å². The summed E-state index contributed by atoms with van der Waals surface area (Å²) in [4.78, 5) is 31.9. The van der Waals surface area contributed by atoms with Crippen molar-refractivity contribution in [1.82, 2.24) is 9.97 Å². The van der Waals surface area contributed by atoms with Crippen LogP contribution in [0.1, 0.15) is 40.9 Å². The van der Waals surface area contributed by atoms with Crippen LogP contribution in [0, 0.1) is 6.92 Å². The van der Waals surface area contributed by atoms with E-state index in [4.69, 9.17) is 20.8 Å². The number of hydrogen-bond acceptors (Lipinski definition) is 4. The van der Waals surface area contributed by atoms with Gasteiger partial charge in [0.05, 0.1) is 22.4 Å². The number of nitrogens with zero attached hydrogens (tertiary/aromatic N) is 2. The molecule has 1 aromatic heterocycles. The summed E-state index contributed by atoms with van der Waals surface area (Å²) >= 11 is 0. The Kier molecular flexibility index (Phi) is 5.45. The number of hydrogen-bond donors (Lipinski definition) is 2. The lowest BCUT2D eigenvalue weighted by molar-refractivity contribution is -0.137. The van der Waals surface area contributed by atoms with Crippen molar-refractivity contribution >= 4 is 22.9 Å². The summed E-state index contributed by atoms with van der Waals surface area (Å²) in [6, 6.07) is 13.3. The van der Waals surface area contributed by atoms with Gasteiger partial charge >= 0.3 is 5.97 Å². The smallest absolute Gasteiger partial charge is 0.303 e. The molecule has 6 heteroatoms. The minimum absolute atomic E-state index is 0.132. The number of carbonyl (C=O) groups excluding carboxylic acids is 1. The number of aliphatic carboxylic acids is 1. The fourth-order valence-corrected chi connectivity index (χ4v) is 3.08. The Bertz CT molecular complexity index is 1000. The highest BCUT2D eigenvalue weighted by Gasteiger charge is 2.14. The zero-order valence-electron chi connectivity index (χ0n) is 15.1. The molecule has 3 rings (SSSR count). The first-order valence-corrected chi connectivity index (χ1v) is 8.84. The summed E-state index contributed by atoms with van der Waals surface area (Å²) in [5.41, 5.74) is 10.5. The van der Waals surface area contributed by atoms with Crippen molar-refractivity contribution in [2.45, 2.75) is 32.6 Å². The Morgan fingerprint density at radius 3 is 2.41 bits per heavy atom. The second kappa shape index (κ2) is 7.95. The monoisotopic (exact) mass is 363 g/mol. The average molecular weight is 363 g/mol. The number of carboxylic acid groups (broad SMARTS) is 1. The van der Waals surface area contributed by atoms with Gasteiger partial charge in [0.25, 0.3) is 0 Å². The predicted octanol–water partition coefficient (Wildman–Crippen LogP) is 3.50. The first-order chi connectivity index (χ1) is 13.0. The highest BCUT2D eigenvalue weighted by atomic mass is 16.4. The van der Waals surface area contributed by atoms with Crippen molar-refractivity contribution in [1.29, 1.82) is 0 Å². The standard InChI is InChI=1S/C21H21N3O3/c1-13-11-17-18(12-15(13)21(22)27)23-16(9-5-6-10-19(25)26)20(24-17)14-7-3-2-4-8-14/h2-4,7-8,11-12H,5-6,9-10H2,1H3,(H2,22,27)(H,25,26). The molecule has 6 nitrogen and oxygen atoms in total. The maximum atomic E-state index is 11.6. The molecule has 0 radical (unpaired) electrons. The van der Waals surface area contributed by atoms with E-state index in [1.165, 1.54) is 0 Å². The molecule has 0 aliphatic carbocycles. The van der Waals surface area contributed by atoms with Crippen molar-refractivity contribution in [3.05, 3.63) is 59.3 Å². The molecule has 0 aliphatic heterocycles. The molecule has 0 bridgehead atoms. The van der Waals surface area contributed by atoms with E-state index in [9.17, 15) is 9.59 Å². The van der Waals surface area contributed by atoms with Crippen molar-refractivity contribution < 1.29 is 14.7 Å². The molecule has 0 atom stereocenters. The SMILES string of the molecule is Cc1cc2nc(-c3ccccc3)c(CCCCC(=O)O)nc2cc1C(N)=O. The van der Waals surface area contributed by atoms with Crippen LogP contribution in [0.5, 0.6) is 0 Å². The molecule has 1 amide bonds. The van der Waals surface area contributed by atoms with Gasteiger partial charge in [0.1, 0.15) is 0 Å². The number of rotatable bonds is 7. The summed E-state index contributed by atoms with van der Waals surface area (Å²) in [5, 5.41) is 8.82. The second-order valence-electron chi connectivity index (χ2n) is 6.51. The summed E-state index contributed by atoms with van der Waals surface area (Å²) in [6.45, 7) is 1.82. The van der Waals surface area contributed by atoms with Gasteiger partial charge in [-0.25, -0.2) is 9.97 Å². The highest BCUT2D eigenvalue weighted by Crippen LogP contribution is 2.26. The Balaban J connectivity index is 2.06. The van der Waals surface area contributed by atoms with Crippen LogP contribution in [-0.4, -0.2) is 27.0 Å². The molecule has 0 aliphatic rings. The molecule has 27 heavy (non-hydrogen) atoms. The molecule has 0 unspecified atom stereocenters. The highest BCUT2D eigenvalue weighted by molar-refractivity contribution is 5.98. The van der Waals surface area contributed by atoms with Gasteiger partial charge in [-0.15, -0.1) is 0 Å². The van der Waals surface area contributed by atoms with Gasteiger partial charge in [-0.3, -0.25) is 9.59 Å². The first kappa shape index (κ1) is 18.5. The lowest BCUT2D eigenvalue weighted by Gasteiger charge is -2.12. The number of aryl methyl sites for hydroxylation is 2. The third-order valence-corrected chi connectivity index (χ3v) is 4.45. The third-order valence-electron chi connectivity index (χ3n) is 4.45. The predicted molar refractivity (Wildman–Crippen MR) is 103 cm³/mol. The number of benzene rings is 2. The maximum absolute atomic E-state index is 11.6. The molecular formula is C21H21N3O3.